The predicted molar refractivity (Wildman–Crippen MR) is 78.6 cm³/mol. The number of hydrogen-bond acceptors (Lipinski definition) is 5. The van der Waals surface area contributed by atoms with Crippen LogP contribution in [0.2, 0.25) is 0 Å². The smallest absolute Gasteiger partial charge is 0.319 e. The first-order valence-electron chi connectivity index (χ1n) is 6.68. The van der Waals surface area contributed by atoms with Crippen LogP contribution in [0.25, 0.3) is 10.7 Å². The van der Waals surface area contributed by atoms with Crippen molar-refractivity contribution in [1.82, 2.24) is 20.5 Å². The van der Waals surface area contributed by atoms with Gasteiger partial charge in [0.1, 0.15) is 10.7 Å². The molecule has 8 heteroatoms. The largest absolute Gasteiger partial charge is 0.334 e. The third-order valence-electron chi connectivity index (χ3n) is 3.53. The van der Waals surface area contributed by atoms with Gasteiger partial charge in [-0.15, -0.1) is 11.3 Å². The Morgan fingerprint density at radius 2 is 2.43 bits per heavy atom. The van der Waals surface area contributed by atoms with Crippen LogP contribution in [0.15, 0.2) is 17.8 Å². The monoisotopic (exact) mass is 302 g/mol. The van der Waals surface area contributed by atoms with Crippen LogP contribution in [0.5, 0.6) is 0 Å². The quantitative estimate of drug-likeness (QED) is 0.809. The fourth-order valence-corrected chi connectivity index (χ4v) is 3.15. The summed E-state index contributed by atoms with van der Waals surface area (Å²) in [7, 11) is 0. The SMILES string of the molecule is N#CC1CCCC1NC(=O)Nc1cn[nH]c1-c1nccs1. The van der Waals surface area contributed by atoms with E-state index < -0.39 is 0 Å². The van der Waals surface area contributed by atoms with Crippen LogP contribution in [-0.4, -0.2) is 27.3 Å². The number of amides is 2. The van der Waals surface area contributed by atoms with Crippen LogP contribution in [-0.2, 0) is 0 Å². The zero-order valence-electron chi connectivity index (χ0n) is 11.2. The van der Waals surface area contributed by atoms with Gasteiger partial charge in [-0.1, -0.05) is 0 Å². The van der Waals surface area contributed by atoms with Crippen molar-refractivity contribution in [2.75, 3.05) is 5.32 Å². The number of anilines is 1. The highest BCUT2D eigenvalue weighted by Crippen LogP contribution is 2.27. The van der Waals surface area contributed by atoms with E-state index in [1.165, 1.54) is 11.3 Å². The first-order valence-corrected chi connectivity index (χ1v) is 7.56. The van der Waals surface area contributed by atoms with E-state index in [2.05, 4.69) is 31.9 Å². The van der Waals surface area contributed by atoms with Gasteiger partial charge < -0.3 is 10.6 Å². The molecule has 2 aromatic rings. The molecule has 3 rings (SSSR count). The van der Waals surface area contributed by atoms with Crippen LogP contribution in [0, 0.1) is 17.2 Å². The van der Waals surface area contributed by atoms with Crippen molar-refractivity contribution < 1.29 is 4.79 Å². The van der Waals surface area contributed by atoms with Gasteiger partial charge in [-0.3, -0.25) is 5.10 Å². The summed E-state index contributed by atoms with van der Waals surface area (Å²) >= 11 is 1.46. The molecule has 2 amide bonds. The standard InChI is InChI=1S/C13H14N6OS/c14-6-8-2-1-3-9(8)17-13(20)18-10-7-16-19-11(10)12-15-4-5-21-12/h4-5,7-9H,1-3H2,(H,16,19)(H2,17,18,20). The third-order valence-corrected chi connectivity index (χ3v) is 4.32. The maximum atomic E-state index is 12.1. The molecule has 1 aliphatic carbocycles. The predicted octanol–water partition coefficient (Wildman–Crippen LogP) is 2.35. The summed E-state index contributed by atoms with van der Waals surface area (Å²) in [4.78, 5) is 16.2. The Bertz CT molecular complexity index is 659. The third kappa shape index (κ3) is 2.87. The van der Waals surface area contributed by atoms with Crippen molar-refractivity contribution >= 4 is 23.1 Å². The van der Waals surface area contributed by atoms with Gasteiger partial charge in [0.05, 0.1) is 23.9 Å². The number of hydrogen-bond donors (Lipinski definition) is 3. The van der Waals surface area contributed by atoms with E-state index >= 15 is 0 Å². The van der Waals surface area contributed by atoms with E-state index in [0.717, 1.165) is 24.3 Å². The molecule has 2 unspecified atom stereocenters. The molecule has 0 radical (unpaired) electrons. The molecule has 0 spiro atoms. The molecule has 0 aliphatic heterocycles. The van der Waals surface area contributed by atoms with E-state index in [4.69, 9.17) is 5.26 Å². The summed E-state index contributed by atoms with van der Waals surface area (Å²) < 4.78 is 0. The summed E-state index contributed by atoms with van der Waals surface area (Å²) in [5.74, 6) is -0.0986. The van der Waals surface area contributed by atoms with Gasteiger partial charge >= 0.3 is 6.03 Å². The minimum Gasteiger partial charge on any atom is -0.334 e. The fourth-order valence-electron chi connectivity index (χ4n) is 2.50. The number of carbonyl (C=O) groups excluding carboxylic acids is 1. The molecule has 2 aromatic heterocycles. The Labute approximate surface area is 125 Å². The Morgan fingerprint density at radius 3 is 3.19 bits per heavy atom. The van der Waals surface area contributed by atoms with Crippen LogP contribution in [0.3, 0.4) is 0 Å². The number of aromatic nitrogens is 3. The number of rotatable bonds is 3. The average Bonchev–Trinajstić information content (AvgIpc) is 3.18. The van der Waals surface area contributed by atoms with Gasteiger partial charge in [-0.05, 0) is 19.3 Å². The second-order valence-corrected chi connectivity index (χ2v) is 5.76. The molecule has 2 atom stereocenters. The molecule has 7 nitrogen and oxygen atoms in total. The van der Waals surface area contributed by atoms with Crippen molar-refractivity contribution in [1.29, 1.82) is 5.26 Å². The lowest BCUT2D eigenvalue weighted by atomic mass is 10.1. The van der Waals surface area contributed by atoms with Gasteiger partial charge in [0.25, 0.3) is 0 Å². The van der Waals surface area contributed by atoms with Crippen molar-refractivity contribution in [3.63, 3.8) is 0 Å². The first kappa shape index (κ1) is 13.6. The average molecular weight is 302 g/mol. The van der Waals surface area contributed by atoms with Gasteiger partial charge in [-0.2, -0.15) is 10.4 Å². The molecule has 3 N–H and O–H groups in total. The van der Waals surface area contributed by atoms with Gasteiger partial charge in [0, 0.05) is 17.6 Å². The highest BCUT2D eigenvalue weighted by Gasteiger charge is 2.28. The van der Waals surface area contributed by atoms with E-state index in [1.807, 2.05) is 5.38 Å². The summed E-state index contributed by atoms with van der Waals surface area (Å²) in [6, 6.07) is 1.85. The number of thiazole rings is 1. The van der Waals surface area contributed by atoms with Gasteiger partial charge in [-0.25, -0.2) is 9.78 Å². The van der Waals surface area contributed by atoms with Crippen LogP contribution >= 0.6 is 11.3 Å². The number of nitrogens with one attached hydrogen (secondary N) is 3. The molecule has 0 aromatic carbocycles. The minimum absolute atomic E-state index is 0.0785. The Hall–Kier alpha value is -2.40. The zero-order chi connectivity index (χ0) is 14.7. The van der Waals surface area contributed by atoms with Crippen molar-refractivity contribution in [2.45, 2.75) is 25.3 Å². The topological polar surface area (TPSA) is 106 Å². The van der Waals surface area contributed by atoms with E-state index in [1.54, 1.807) is 12.4 Å². The second kappa shape index (κ2) is 5.93. The summed E-state index contributed by atoms with van der Waals surface area (Å²) in [5.41, 5.74) is 1.26. The molecule has 1 fully saturated rings. The summed E-state index contributed by atoms with van der Waals surface area (Å²) in [6.45, 7) is 0. The van der Waals surface area contributed by atoms with Gasteiger partial charge in [0.15, 0.2) is 0 Å². The normalized spacial score (nSPS) is 20.9. The highest BCUT2D eigenvalue weighted by molar-refractivity contribution is 7.13. The molecule has 108 valence electrons. The van der Waals surface area contributed by atoms with Crippen molar-refractivity contribution in [3.8, 4) is 16.8 Å². The number of urea groups is 1. The van der Waals surface area contributed by atoms with E-state index in [9.17, 15) is 4.79 Å². The molecule has 0 saturated heterocycles. The number of aromatic amines is 1. The molecular formula is C13H14N6OS. The Balaban J connectivity index is 1.66. The fraction of sp³-hybridized carbons (Fsp3) is 0.385. The van der Waals surface area contributed by atoms with Crippen molar-refractivity contribution in [3.05, 3.63) is 17.8 Å². The summed E-state index contributed by atoms with van der Waals surface area (Å²) in [6.07, 6.45) is 5.90. The molecular weight excluding hydrogens is 288 g/mol. The lowest BCUT2D eigenvalue weighted by Gasteiger charge is -2.15. The number of nitrogens with zero attached hydrogens (tertiary/aromatic N) is 3. The van der Waals surface area contributed by atoms with Crippen LogP contribution < -0.4 is 10.6 Å². The van der Waals surface area contributed by atoms with Crippen LogP contribution in [0.1, 0.15) is 19.3 Å². The maximum Gasteiger partial charge on any atom is 0.319 e. The second-order valence-electron chi connectivity index (χ2n) is 4.87. The zero-order valence-corrected chi connectivity index (χ0v) is 12.0. The molecule has 0 bridgehead atoms. The van der Waals surface area contributed by atoms with E-state index in [-0.39, 0.29) is 18.0 Å². The Morgan fingerprint density at radius 1 is 1.52 bits per heavy atom. The highest BCUT2D eigenvalue weighted by atomic mass is 32.1. The number of H-pyrrole nitrogens is 1. The van der Waals surface area contributed by atoms with Gasteiger partial charge in [0.2, 0.25) is 0 Å². The minimum atomic E-state index is -0.318. The summed E-state index contributed by atoms with van der Waals surface area (Å²) in [5, 5.41) is 24.0. The van der Waals surface area contributed by atoms with Crippen LogP contribution in [0.4, 0.5) is 10.5 Å². The molecule has 1 aliphatic rings. The Kier molecular flexibility index (Phi) is 3.83. The molecule has 2 heterocycles. The number of carbonyl (C=O) groups is 1. The van der Waals surface area contributed by atoms with E-state index in [0.29, 0.717) is 11.4 Å². The maximum absolute atomic E-state index is 12.1. The first-order chi connectivity index (χ1) is 10.3. The molecule has 1 saturated carbocycles. The number of nitriles is 1. The lowest BCUT2D eigenvalue weighted by Crippen LogP contribution is -2.39. The van der Waals surface area contributed by atoms with Crippen molar-refractivity contribution in [2.24, 2.45) is 5.92 Å². The molecule has 21 heavy (non-hydrogen) atoms. The lowest BCUT2D eigenvalue weighted by molar-refractivity contribution is 0.247.